The fourth-order valence-electron chi connectivity index (χ4n) is 2.31. The van der Waals surface area contributed by atoms with E-state index in [1.165, 1.54) is 12.5 Å². The number of nitrogens with one attached hydrogen (secondary N) is 4. The molecule has 0 aromatic carbocycles. The normalized spacial score (nSPS) is 13.5. The summed E-state index contributed by atoms with van der Waals surface area (Å²) in [4.78, 5) is 64.9. The van der Waals surface area contributed by atoms with Crippen LogP contribution in [0.4, 0.5) is 0 Å². The predicted octanol–water partition coefficient (Wildman–Crippen LogP) is -4.29. The van der Waals surface area contributed by atoms with Crippen LogP contribution in [-0.4, -0.2) is 81.1 Å². The van der Waals surface area contributed by atoms with Gasteiger partial charge in [0.15, 0.2) is 0 Å². The topological polar surface area (TPSA) is 243 Å². The number of hydrogen-bond acceptors (Lipinski definition) is 8. The van der Waals surface area contributed by atoms with Crippen LogP contribution in [0.1, 0.15) is 18.5 Å². The van der Waals surface area contributed by atoms with Gasteiger partial charge >= 0.3 is 5.97 Å². The van der Waals surface area contributed by atoms with E-state index in [0.717, 1.165) is 0 Å². The number of carboxylic acids is 1. The largest absolute Gasteiger partial charge is 0.480 e. The molecule has 1 rings (SSSR count). The van der Waals surface area contributed by atoms with Crippen molar-refractivity contribution in [2.24, 2.45) is 11.5 Å². The van der Waals surface area contributed by atoms with Crippen molar-refractivity contribution in [1.82, 2.24) is 25.9 Å². The molecule has 10 N–H and O–H groups in total. The number of nitrogens with two attached hydrogens (primary N) is 2. The highest BCUT2D eigenvalue weighted by atomic mass is 16.4. The zero-order chi connectivity index (χ0) is 22.7. The van der Waals surface area contributed by atoms with Crippen LogP contribution >= 0.6 is 0 Å². The summed E-state index contributed by atoms with van der Waals surface area (Å²) in [5, 5.41) is 24.5. The Kier molecular flexibility index (Phi) is 9.91. The third-order valence-corrected chi connectivity index (χ3v) is 3.87. The number of aliphatic hydroxyl groups is 1. The molecule has 166 valence electrons. The standard InChI is InChI=1S/C16H25N7O7/c17-9(3-8-4-19-7-21-8)14(28)22-10(1-2-12(18)25)16(30)23-11(6-24)15(29)20-5-13(26)27/h4,7,9-11,24H,1-3,5-6,17H2,(H2,18,25)(H,19,21)(H,20,29)(H,22,28)(H,23,30)(H,26,27). The monoisotopic (exact) mass is 427 g/mol. The molecule has 4 amide bonds. The average molecular weight is 427 g/mol. The quantitative estimate of drug-likeness (QED) is 0.151. The van der Waals surface area contributed by atoms with Crippen molar-refractivity contribution in [3.63, 3.8) is 0 Å². The van der Waals surface area contributed by atoms with Crippen LogP contribution in [0, 0.1) is 0 Å². The molecule has 0 aliphatic carbocycles. The van der Waals surface area contributed by atoms with Gasteiger partial charge in [-0.1, -0.05) is 0 Å². The van der Waals surface area contributed by atoms with Crippen LogP contribution in [0.5, 0.6) is 0 Å². The number of amides is 4. The Labute approximate surface area is 170 Å². The third kappa shape index (κ3) is 8.66. The first-order valence-electron chi connectivity index (χ1n) is 8.86. The van der Waals surface area contributed by atoms with E-state index in [9.17, 15) is 29.1 Å². The molecule has 14 heteroatoms. The van der Waals surface area contributed by atoms with Gasteiger partial charge < -0.3 is 42.6 Å². The fourth-order valence-corrected chi connectivity index (χ4v) is 2.31. The lowest BCUT2D eigenvalue weighted by Gasteiger charge is -2.23. The number of nitrogens with zero attached hydrogens (tertiary/aromatic N) is 1. The third-order valence-electron chi connectivity index (χ3n) is 3.87. The van der Waals surface area contributed by atoms with Crippen molar-refractivity contribution in [3.8, 4) is 0 Å². The Bertz CT molecular complexity index is 753. The number of aliphatic hydroxyl groups excluding tert-OH is 1. The van der Waals surface area contributed by atoms with Gasteiger partial charge in [-0.3, -0.25) is 24.0 Å². The lowest BCUT2D eigenvalue weighted by molar-refractivity contribution is -0.139. The number of hydrogen-bond donors (Lipinski definition) is 8. The van der Waals surface area contributed by atoms with Gasteiger partial charge in [-0.05, 0) is 6.42 Å². The van der Waals surface area contributed by atoms with Crippen molar-refractivity contribution in [3.05, 3.63) is 18.2 Å². The Morgan fingerprint density at radius 1 is 1.10 bits per heavy atom. The minimum absolute atomic E-state index is 0.104. The zero-order valence-corrected chi connectivity index (χ0v) is 16.0. The van der Waals surface area contributed by atoms with Gasteiger partial charge in [-0.15, -0.1) is 0 Å². The van der Waals surface area contributed by atoms with Crippen LogP contribution in [0.3, 0.4) is 0 Å². The molecule has 1 aromatic rings. The first-order valence-corrected chi connectivity index (χ1v) is 8.86. The number of aromatic amines is 1. The first kappa shape index (κ1) is 24.5. The maximum Gasteiger partial charge on any atom is 0.322 e. The highest BCUT2D eigenvalue weighted by Gasteiger charge is 2.28. The molecule has 0 bridgehead atoms. The second-order valence-corrected chi connectivity index (χ2v) is 6.31. The molecule has 0 fully saturated rings. The highest BCUT2D eigenvalue weighted by molar-refractivity contribution is 5.94. The van der Waals surface area contributed by atoms with Gasteiger partial charge in [0.25, 0.3) is 0 Å². The van der Waals surface area contributed by atoms with Gasteiger partial charge in [-0.2, -0.15) is 0 Å². The molecular weight excluding hydrogens is 402 g/mol. The Morgan fingerprint density at radius 2 is 1.77 bits per heavy atom. The molecular formula is C16H25N7O7. The number of carbonyl (C=O) groups is 5. The van der Waals surface area contributed by atoms with Gasteiger partial charge in [0.1, 0.15) is 18.6 Å². The fraction of sp³-hybridized carbons (Fsp3) is 0.500. The minimum Gasteiger partial charge on any atom is -0.480 e. The number of carboxylic acid groups (broad SMARTS) is 1. The maximum absolute atomic E-state index is 12.5. The van der Waals surface area contributed by atoms with Gasteiger partial charge in [-0.25, -0.2) is 4.98 Å². The van der Waals surface area contributed by atoms with E-state index in [4.69, 9.17) is 16.6 Å². The van der Waals surface area contributed by atoms with E-state index < -0.39 is 60.9 Å². The predicted molar refractivity (Wildman–Crippen MR) is 100 cm³/mol. The van der Waals surface area contributed by atoms with Crippen LogP contribution in [0.15, 0.2) is 12.5 Å². The Balaban J connectivity index is 2.77. The molecule has 30 heavy (non-hydrogen) atoms. The van der Waals surface area contributed by atoms with E-state index in [1.54, 1.807) is 0 Å². The van der Waals surface area contributed by atoms with E-state index in [-0.39, 0.29) is 19.3 Å². The molecule has 1 aromatic heterocycles. The number of primary amides is 1. The second-order valence-electron chi connectivity index (χ2n) is 6.31. The second kappa shape index (κ2) is 12.1. The Hall–Kier alpha value is -3.52. The molecule has 0 spiro atoms. The van der Waals surface area contributed by atoms with Gasteiger partial charge in [0, 0.05) is 24.7 Å². The number of imidazole rings is 1. The number of aromatic nitrogens is 2. The molecule has 0 radical (unpaired) electrons. The summed E-state index contributed by atoms with van der Waals surface area (Å²) in [5.41, 5.74) is 11.5. The van der Waals surface area contributed by atoms with Crippen molar-refractivity contribution in [2.45, 2.75) is 37.4 Å². The van der Waals surface area contributed by atoms with Crippen molar-refractivity contribution < 1.29 is 34.2 Å². The van der Waals surface area contributed by atoms with Crippen molar-refractivity contribution in [1.29, 1.82) is 0 Å². The smallest absolute Gasteiger partial charge is 0.322 e. The summed E-state index contributed by atoms with van der Waals surface area (Å²) in [6, 6.07) is -3.79. The van der Waals surface area contributed by atoms with E-state index in [2.05, 4.69) is 20.6 Å². The van der Waals surface area contributed by atoms with Crippen molar-refractivity contribution >= 4 is 29.6 Å². The molecule has 1 heterocycles. The summed E-state index contributed by atoms with van der Waals surface area (Å²) >= 11 is 0. The Morgan fingerprint density at radius 3 is 2.30 bits per heavy atom. The van der Waals surface area contributed by atoms with E-state index >= 15 is 0 Å². The van der Waals surface area contributed by atoms with E-state index in [0.29, 0.717) is 5.69 Å². The molecule has 0 saturated heterocycles. The van der Waals surface area contributed by atoms with Gasteiger partial charge in [0.05, 0.1) is 19.0 Å². The number of rotatable bonds is 13. The van der Waals surface area contributed by atoms with E-state index in [1.807, 2.05) is 5.32 Å². The SMILES string of the molecule is NC(=O)CCC(NC(=O)C(N)Cc1cnc[nH]1)C(=O)NC(CO)C(=O)NCC(=O)O. The molecule has 3 unspecified atom stereocenters. The van der Waals surface area contributed by atoms with Crippen LogP contribution in [0.25, 0.3) is 0 Å². The molecule has 3 atom stereocenters. The van der Waals surface area contributed by atoms with Gasteiger partial charge in [0.2, 0.25) is 23.6 Å². The van der Waals surface area contributed by atoms with Crippen LogP contribution < -0.4 is 27.4 Å². The zero-order valence-electron chi connectivity index (χ0n) is 16.0. The summed E-state index contributed by atoms with van der Waals surface area (Å²) in [5.74, 6) is -4.57. The molecule has 14 nitrogen and oxygen atoms in total. The summed E-state index contributed by atoms with van der Waals surface area (Å²) in [6.07, 6.45) is 2.56. The highest BCUT2D eigenvalue weighted by Crippen LogP contribution is 2.02. The van der Waals surface area contributed by atoms with Crippen LogP contribution in [0.2, 0.25) is 0 Å². The number of aliphatic carboxylic acids is 1. The number of carbonyl (C=O) groups excluding carboxylic acids is 4. The lowest BCUT2D eigenvalue weighted by atomic mass is 10.1. The lowest BCUT2D eigenvalue weighted by Crippen LogP contribution is -2.57. The van der Waals surface area contributed by atoms with Crippen LogP contribution in [-0.2, 0) is 30.4 Å². The summed E-state index contributed by atoms with van der Waals surface area (Å²) in [7, 11) is 0. The molecule has 0 aliphatic heterocycles. The molecule has 0 saturated carbocycles. The average Bonchev–Trinajstić information content (AvgIpc) is 3.19. The maximum atomic E-state index is 12.5. The molecule has 0 aliphatic rings. The summed E-state index contributed by atoms with van der Waals surface area (Å²) in [6.45, 7) is -1.54. The minimum atomic E-state index is -1.47. The number of H-pyrrole nitrogens is 1. The summed E-state index contributed by atoms with van der Waals surface area (Å²) < 4.78 is 0. The van der Waals surface area contributed by atoms with Crippen molar-refractivity contribution in [2.75, 3.05) is 13.2 Å². The first-order chi connectivity index (χ1) is 14.1.